The molecule has 1 N–H and O–H groups in total. The van der Waals surface area contributed by atoms with Gasteiger partial charge in [-0.2, -0.15) is 5.10 Å². The van der Waals surface area contributed by atoms with Gasteiger partial charge < -0.3 is 5.32 Å². The summed E-state index contributed by atoms with van der Waals surface area (Å²) in [5.74, 6) is 0. The molecule has 5 heteroatoms. The van der Waals surface area contributed by atoms with Crippen LogP contribution in [-0.4, -0.2) is 16.8 Å². The zero-order valence-corrected chi connectivity index (χ0v) is 13.5. The van der Waals surface area contributed by atoms with Gasteiger partial charge in [-0.15, -0.1) is 0 Å². The van der Waals surface area contributed by atoms with Crippen LogP contribution in [0.3, 0.4) is 0 Å². The molecule has 0 aliphatic carbocycles. The van der Waals surface area contributed by atoms with Crippen LogP contribution in [0.4, 0.5) is 0 Å². The molecule has 0 saturated heterocycles. The molecular weight excluding hydrogens is 293 g/mol. The van der Waals surface area contributed by atoms with E-state index in [1.54, 1.807) is 0 Å². The molecule has 0 saturated carbocycles. The number of rotatable bonds is 5. The fraction of sp³-hybridized carbons (Fsp3) is 0.400. The molecule has 2 aromatic rings. The third-order valence-corrected chi connectivity index (χ3v) is 4.16. The zero-order chi connectivity index (χ0) is 14.7. The topological polar surface area (TPSA) is 29.9 Å². The summed E-state index contributed by atoms with van der Waals surface area (Å²) in [6, 6.07) is 7.80. The average molecular weight is 312 g/mol. The molecule has 1 unspecified atom stereocenters. The van der Waals surface area contributed by atoms with E-state index >= 15 is 0 Å². The summed E-state index contributed by atoms with van der Waals surface area (Å²) >= 11 is 12.6. The molecule has 1 aromatic carbocycles. The third-order valence-electron chi connectivity index (χ3n) is 3.50. The maximum Gasteiger partial charge on any atom is 0.0624 e. The summed E-state index contributed by atoms with van der Waals surface area (Å²) in [7, 11) is 3.89. The molecule has 108 valence electrons. The Morgan fingerprint density at radius 2 is 1.95 bits per heavy atom. The maximum atomic E-state index is 6.29. The number of likely N-dealkylation sites (N-methyl/N-ethyl adjacent to an activating group) is 1. The molecule has 0 aliphatic heterocycles. The summed E-state index contributed by atoms with van der Waals surface area (Å²) in [5.41, 5.74) is 3.21. The van der Waals surface area contributed by atoms with Crippen molar-refractivity contribution in [2.24, 2.45) is 7.05 Å². The van der Waals surface area contributed by atoms with Crippen molar-refractivity contribution in [1.82, 2.24) is 15.1 Å². The van der Waals surface area contributed by atoms with Crippen molar-refractivity contribution in [2.45, 2.75) is 25.8 Å². The van der Waals surface area contributed by atoms with Crippen molar-refractivity contribution < 1.29 is 0 Å². The van der Waals surface area contributed by atoms with Gasteiger partial charge in [0.2, 0.25) is 0 Å². The van der Waals surface area contributed by atoms with Gasteiger partial charge in [-0.1, -0.05) is 36.2 Å². The van der Waals surface area contributed by atoms with Gasteiger partial charge >= 0.3 is 0 Å². The Morgan fingerprint density at radius 3 is 2.45 bits per heavy atom. The van der Waals surface area contributed by atoms with Crippen LogP contribution in [0.15, 0.2) is 24.3 Å². The molecule has 0 spiro atoms. The van der Waals surface area contributed by atoms with E-state index in [2.05, 4.69) is 23.4 Å². The van der Waals surface area contributed by atoms with Gasteiger partial charge in [0.1, 0.15) is 0 Å². The number of aryl methyl sites for hydroxylation is 2. The number of aromatic nitrogens is 2. The van der Waals surface area contributed by atoms with Gasteiger partial charge in [0.15, 0.2) is 0 Å². The number of hydrogen-bond acceptors (Lipinski definition) is 2. The predicted octanol–water partition coefficient (Wildman–Crippen LogP) is 3.79. The van der Waals surface area contributed by atoms with Gasteiger partial charge in [0, 0.05) is 40.8 Å². The number of benzene rings is 1. The van der Waals surface area contributed by atoms with E-state index in [4.69, 9.17) is 23.2 Å². The lowest BCUT2D eigenvalue weighted by Crippen LogP contribution is -2.21. The standard InChI is InChI=1S/C15H19Cl2N3/c1-4-10-8-11(20(3)19-10)9-14(18-2)15-12(16)6-5-7-13(15)17/h5-8,14,18H,4,9H2,1-3H3. The van der Waals surface area contributed by atoms with Crippen molar-refractivity contribution >= 4 is 23.2 Å². The lowest BCUT2D eigenvalue weighted by molar-refractivity contribution is 0.561. The quantitative estimate of drug-likeness (QED) is 0.910. The number of halogens is 2. The summed E-state index contributed by atoms with van der Waals surface area (Å²) in [5, 5.41) is 9.15. The van der Waals surface area contributed by atoms with Crippen LogP contribution in [-0.2, 0) is 19.9 Å². The van der Waals surface area contributed by atoms with E-state index in [1.807, 2.05) is 37.0 Å². The molecule has 1 heterocycles. The smallest absolute Gasteiger partial charge is 0.0624 e. The van der Waals surface area contributed by atoms with Crippen molar-refractivity contribution in [3.8, 4) is 0 Å². The molecule has 0 aliphatic rings. The summed E-state index contributed by atoms with van der Waals surface area (Å²) in [4.78, 5) is 0. The molecule has 0 bridgehead atoms. The molecule has 2 rings (SSSR count). The highest BCUT2D eigenvalue weighted by Gasteiger charge is 2.18. The second kappa shape index (κ2) is 6.61. The van der Waals surface area contributed by atoms with Crippen LogP contribution in [0.2, 0.25) is 10.0 Å². The summed E-state index contributed by atoms with van der Waals surface area (Å²) < 4.78 is 1.92. The Kier molecular flexibility index (Phi) is 5.08. The predicted molar refractivity (Wildman–Crippen MR) is 84.6 cm³/mol. The van der Waals surface area contributed by atoms with Crippen LogP contribution >= 0.6 is 23.2 Å². The van der Waals surface area contributed by atoms with Crippen LogP contribution in [0.5, 0.6) is 0 Å². The van der Waals surface area contributed by atoms with Crippen LogP contribution < -0.4 is 5.32 Å². The molecular formula is C15H19Cl2N3. The highest BCUT2D eigenvalue weighted by atomic mass is 35.5. The Labute approximate surface area is 129 Å². The summed E-state index contributed by atoms with van der Waals surface area (Å²) in [6.45, 7) is 2.10. The first-order valence-corrected chi connectivity index (χ1v) is 7.45. The minimum atomic E-state index is 0.0660. The van der Waals surface area contributed by atoms with E-state index in [1.165, 1.54) is 0 Å². The second-order valence-electron chi connectivity index (χ2n) is 4.78. The van der Waals surface area contributed by atoms with Gasteiger partial charge in [0.05, 0.1) is 5.69 Å². The van der Waals surface area contributed by atoms with Gasteiger partial charge in [-0.25, -0.2) is 0 Å². The Balaban J connectivity index is 2.31. The molecule has 0 fully saturated rings. The molecule has 0 amide bonds. The third kappa shape index (κ3) is 3.17. The van der Waals surface area contributed by atoms with Crippen LogP contribution in [0, 0.1) is 0 Å². The molecule has 0 radical (unpaired) electrons. The Bertz CT molecular complexity index is 573. The van der Waals surface area contributed by atoms with Gasteiger partial charge in [-0.3, -0.25) is 4.68 Å². The van der Waals surface area contributed by atoms with E-state index in [0.29, 0.717) is 10.0 Å². The van der Waals surface area contributed by atoms with Gasteiger partial charge in [-0.05, 0) is 31.7 Å². The van der Waals surface area contributed by atoms with E-state index in [9.17, 15) is 0 Å². The average Bonchev–Trinajstić information content (AvgIpc) is 2.78. The lowest BCUT2D eigenvalue weighted by atomic mass is 10.0. The highest BCUT2D eigenvalue weighted by molar-refractivity contribution is 6.36. The number of nitrogens with one attached hydrogen (secondary N) is 1. The fourth-order valence-corrected chi connectivity index (χ4v) is 3.00. The Hall–Kier alpha value is -1.03. The number of hydrogen-bond donors (Lipinski definition) is 1. The number of nitrogens with zero attached hydrogens (tertiary/aromatic N) is 2. The van der Waals surface area contributed by atoms with E-state index in [-0.39, 0.29) is 6.04 Å². The first-order valence-electron chi connectivity index (χ1n) is 6.69. The molecule has 3 nitrogen and oxygen atoms in total. The summed E-state index contributed by atoms with van der Waals surface area (Å²) in [6.07, 6.45) is 1.73. The van der Waals surface area contributed by atoms with Crippen LogP contribution in [0.1, 0.15) is 29.9 Å². The molecule has 1 atom stereocenters. The first-order chi connectivity index (χ1) is 9.56. The normalized spacial score (nSPS) is 12.7. The first kappa shape index (κ1) is 15.4. The van der Waals surface area contributed by atoms with E-state index in [0.717, 1.165) is 29.8 Å². The van der Waals surface area contributed by atoms with Crippen molar-refractivity contribution in [1.29, 1.82) is 0 Å². The fourth-order valence-electron chi connectivity index (χ4n) is 2.34. The highest BCUT2D eigenvalue weighted by Crippen LogP contribution is 2.32. The SMILES string of the molecule is CCc1cc(CC(NC)c2c(Cl)cccc2Cl)n(C)n1. The van der Waals surface area contributed by atoms with Crippen molar-refractivity contribution in [2.75, 3.05) is 7.05 Å². The monoisotopic (exact) mass is 311 g/mol. The lowest BCUT2D eigenvalue weighted by Gasteiger charge is -2.19. The minimum Gasteiger partial charge on any atom is -0.313 e. The van der Waals surface area contributed by atoms with Crippen molar-refractivity contribution in [3.05, 3.63) is 51.3 Å². The maximum absolute atomic E-state index is 6.29. The molecule has 20 heavy (non-hydrogen) atoms. The van der Waals surface area contributed by atoms with E-state index < -0.39 is 0 Å². The zero-order valence-electron chi connectivity index (χ0n) is 12.0. The Morgan fingerprint density at radius 1 is 1.30 bits per heavy atom. The minimum absolute atomic E-state index is 0.0660. The molecule has 1 aromatic heterocycles. The van der Waals surface area contributed by atoms with Crippen molar-refractivity contribution in [3.63, 3.8) is 0 Å². The largest absolute Gasteiger partial charge is 0.313 e. The van der Waals surface area contributed by atoms with Gasteiger partial charge in [0.25, 0.3) is 0 Å². The van der Waals surface area contributed by atoms with Crippen LogP contribution in [0.25, 0.3) is 0 Å². The second-order valence-corrected chi connectivity index (χ2v) is 5.60.